The monoisotopic (exact) mass is 744 g/mol. The van der Waals surface area contributed by atoms with Crippen molar-refractivity contribution in [2.45, 2.75) is 65.8 Å². The van der Waals surface area contributed by atoms with Gasteiger partial charge >= 0.3 is 0 Å². The largest absolute Gasteiger partial charge is 0.309 e. The highest BCUT2D eigenvalue weighted by Crippen LogP contribution is 2.42. The van der Waals surface area contributed by atoms with E-state index in [9.17, 15) is 0 Å². The maximum Gasteiger partial charge on any atom is 0.191 e. The fourth-order valence-electron chi connectivity index (χ4n) is 8.58. The Morgan fingerprint density at radius 2 is 1.16 bits per heavy atom. The fraction of sp³-hybridized carbons (Fsp3) is 0.192. The lowest BCUT2D eigenvalue weighted by atomic mass is 9.85. The zero-order valence-corrected chi connectivity index (χ0v) is 34.0. The van der Waals surface area contributed by atoms with Crippen molar-refractivity contribution in [2.24, 2.45) is 0 Å². The third kappa shape index (κ3) is 6.37. The molecule has 0 atom stereocenters. The second kappa shape index (κ2) is 14.2. The molecule has 282 valence electrons. The van der Waals surface area contributed by atoms with E-state index in [1.165, 1.54) is 44.1 Å². The zero-order valence-electron chi connectivity index (χ0n) is 34.0. The van der Waals surface area contributed by atoms with Crippen molar-refractivity contribution in [1.82, 2.24) is 18.7 Å². The van der Waals surface area contributed by atoms with Crippen molar-refractivity contribution in [1.29, 1.82) is 0 Å². The Hall–Kier alpha value is -6.46. The lowest BCUT2D eigenvalue weighted by Crippen LogP contribution is -2.20. The Morgan fingerprint density at radius 1 is 0.544 bits per heavy atom. The molecule has 0 fully saturated rings. The molecule has 57 heavy (non-hydrogen) atoms. The first-order valence-electron chi connectivity index (χ1n) is 20.2. The summed E-state index contributed by atoms with van der Waals surface area (Å²) in [5, 5.41) is 2.40. The summed E-state index contributed by atoms with van der Waals surface area (Å²) in [5.74, 6) is 1.69. The van der Waals surface area contributed by atoms with Crippen LogP contribution in [0.2, 0.25) is 0 Å². The number of hydrogen-bond donors (Lipinski definition) is 0. The van der Waals surface area contributed by atoms with Crippen LogP contribution < -0.4 is 4.90 Å². The third-order valence-corrected chi connectivity index (χ3v) is 11.3. The number of anilines is 3. The van der Waals surface area contributed by atoms with Crippen LogP contribution in [0.3, 0.4) is 0 Å². The summed E-state index contributed by atoms with van der Waals surface area (Å²) in [7, 11) is 0. The molecule has 0 aliphatic rings. The molecule has 0 radical (unpaired) electrons. The molecule has 0 aliphatic carbocycles. The SMILES string of the molecule is CC(C)c1cccc(C(C)C)c1-c1ccnc(-n2c3ccccc3c3ccc(N(c4ccccc4)c4cccc(-n5[cH+]n(C(C)(C)C)c6ccccc65)c4)cc32)c1. The molecule has 0 bridgehead atoms. The van der Waals surface area contributed by atoms with E-state index in [1.807, 2.05) is 6.20 Å². The second-order valence-electron chi connectivity index (χ2n) is 16.8. The first-order valence-corrected chi connectivity index (χ1v) is 20.2. The lowest BCUT2D eigenvalue weighted by molar-refractivity contribution is 0.406. The van der Waals surface area contributed by atoms with Crippen molar-refractivity contribution >= 4 is 49.9 Å². The lowest BCUT2D eigenvalue weighted by Gasteiger charge is -2.25. The molecule has 0 amide bonds. The average Bonchev–Trinajstić information content (AvgIpc) is 3.78. The van der Waals surface area contributed by atoms with Crippen molar-refractivity contribution < 1.29 is 0 Å². The number of benzene rings is 6. The molecule has 0 N–H and O–H groups in total. The van der Waals surface area contributed by atoms with Crippen LogP contribution in [0.15, 0.2) is 164 Å². The number of rotatable bonds is 8. The molecule has 5 nitrogen and oxygen atoms in total. The molecule has 9 rings (SSSR count). The predicted molar refractivity (Wildman–Crippen MR) is 241 cm³/mol. The van der Waals surface area contributed by atoms with Gasteiger partial charge in [-0.1, -0.05) is 88.4 Å². The van der Waals surface area contributed by atoms with Gasteiger partial charge < -0.3 is 4.90 Å². The number of fused-ring (bicyclic) bond motifs is 4. The van der Waals surface area contributed by atoms with Crippen LogP contribution in [-0.2, 0) is 5.54 Å². The molecule has 0 spiro atoms. The van der Waals surface area contributed by atoms with E-state index >= 15 is 0 Å². The highest BCUT2D eigenvalue weighted by Gasteiger charge is 2.26. The van der Waals surface area contributed by atoms with Gasteiger partial charge in [0.1, 0.15) is 11.5 Å². The van der Waals surface area contributed by atoms with Crippen LogP contribution in [0.4, 0.5) is 17.1 Å². The molecule has 0 aliphatic heterocycles. The number of nitrogens with zero attached hydrogens (tertiary/aromatic N) is 5. The number of hydrogen-bond acceptors (Lipinski definition) is 2. The summed E-state index contributed by atoms with van der Waals surface area (Å²) in [4.78, 5) is 7.45. The summed E-state index contributed by atoms with van der Waals surface area (Å²) in [6.07, 6.45) is 4.22. The van der Waals surface area contributed by atoms with Gasteiger partial charge in [0.05, 0.1) is 22.3 Å². The van der Waals surface area contributed by atoms with Gasteiger partial charge in [0.15, 0.2) is 17.4 Å². The van der Waals surface area contributed by atoms with Crippen LogP contribution in [0, 0.1) is 0 Å². The number of pyridine rings is 1. The molecule has 3 heterocycles. The van der Waals surface area contributed by atoms with Gasteiger partial charge in [-0.05, 0) is 122 Å². The summed E-state index contributed by atoms with van der Waals surface area (Å²) >= 11 is 0. The zero-order chi connectivity index (χ0) is 39.4. The molecular formula is C52H50N5+. The summed E-state index contributed by atoms with van der Waals surface area (Å²) in [5.41, 5.74) is 14.1. The van der Waals surface area contributed by atoms with Gasteiger partial charge in [-0.3, -0.25) is 4.57 Å². The van der Waals surface area contributed by atoms with E-state index in [4.69, 9.17) is 4.98 Å². The van der Waals surface area contributed by atoms with Crippen LogP contribution in [0.1, 0.15) is 71.4 Å². The number of imidazole rings is 1. The number of aromatic nitrogens is 4. The van der Waals surface area contributed by atoms with Crippen LogP contribution >= 0.6 is 0 Å². The van der Waals surface area contributed by atoms with Gasteiger partial charge in [-0.25, -0.2) is 9.55 Å². The van der Waals surface area contributed by atoms with Crippen molar-refractivity contribution in [3.8, 4) is 22.6 Å². The van der Waals surface area contributed by atoms with E-state index in [2.05, 4.69) is 225 Å². The third-order valence-electron chi connectivity index (χ3n) is 11.3. The Kier molecular flexibility index (Phi) is 9.04. The van der Waals surface area contributed by atoms with Crippen molar-refractivity contribution in [3.05, 3.63) is 175 Å². The van der Waals surface area contributed by atoms with Crippen LogP contribution in [0.25, 0.3) is 55.5 Å². The molecule has 3 aromatic heterocycles. The maximum absolute atomic E-state index is 5.08. The fourth-order valence-corrected chi connectivity index (χ4v) is 8.58. The molecule has 0 unspecified atom stereocenters. The van der Waals surface area contributed by atoms with Gasteiger partial charge in [0.2, 0.25) is 0 Å². The predicted octanol–water partition coefficient (Wildman–Crippen LogP) is 14.3. The topological polar surface area (TPSA) is 30.9 Å². The molecular weight excluding hydrogens is 695 g/mol. The van der Waals surface area contributed by atoms with E-state index in [1.54, 1.807) is 0 Å². The van der Waals surface area contributed by atoms with E-state index in [0.717, 1.165) is 39.6 Å². The first-order chi connectivity index (χ1) is 27.6. The smallest absolute Gasteiger partial charge is 0.191 e. The molecule has 9 aromatic rings. The summed E-state index contributed by atoms with van der Waals surface area (Å²) < 4.78 is 7.03. The minimum Gasteiger partial charge on any atom is -0.309 e. The van der Waals surface area contributed by atoms with Gasteiger partial charge in [0, 0.05) is 52.6 Å². The molecule has 6 aromatic carbocycles. The Bertz CT molecular complexity index is 2880. The molecule has 5 heteroatoms. The van der Waals surface area contributed by atoms with Crippen molar-refractivity contribution in [3.63, 3.8) is 0 Å². The second-order valence-corrected chi connectivity index (χ2v) is 16.8. The minimum absolute atomic E-state index is 0.0741. The normalized spacial score (nSPS) is 12.1. The van der Waals surface area contributed by atoms with E-state index in [0.29, 0.717) is 11.8 Å². The summed E-state index contributed by atoms with van der Waals surface area (Å²) in [6.45, 7) is 15.9. The standard InChI is InChI=1S/C52H50N5/c1-35(2)42-22-16-23-43(36(3)4)51(42)37-29-30-53-50(31-37)57-46-24-12-11-21-44(46)45-28-27-41(33-49(45)57)56(38-17-9-8-10-18-38)40-20-15-19-39(32-40)54-34-55(52(5,6)7)48-26-14-13-25-47(48)54/h8-36H,1-7H3/q+1. The minimum atomic E-state index is -0.0741. The Balaban J connectivity index is 1.24. The van der Waals surface area contributed by atoms with Crippen LogP contribution in [-0.4, -0.2) is 18.7 Å². The average molecular weight is 745 g/mol. The maximum atomic E-state index is 5.08. The van der Waals surface area contributed by atoms with Crippen molar-refractivity contribution in [2.75, 3.05) is 4.90 Å². The Morgan fingerprint density at radius 3 is 1.88 bits per heavy atom. The summed E-state index contributed by atoms with van der Waals surface area (Å²) in [6, 6.07) is 55.1. The molecule has 0 saturated carbocycles. The van der Waals surface area contributed by atoms with E-state index < -0.39 is 0 Å². The highest BCUT2D eigenvalue weighted by molar-refractivity contribution is 6.10. The number of para-hydroxylation sites is 4. The van der Waals surface area contributed by atoms with Gasteiger partial charge in [-0.2, -0.15) is 4.57 Å². The molecule has 0 saturated heterocycles. The quantitative estimate of drug-likeness (QED) is 0.145. The Labute approximate surface area is 336 Å². The van der Waals surface area contributed by atoms with Gasteiger partial charge in [-0.15, -0.1) is 0 Å². The van der Waals surface area contributed by atoms with Crippen LogP contribution in [0.5, 0.6) is 0 Å². The highest BCUT2D eigenvalue weighted by atomic mass is 15.2. The van der Waals surface area contributed by atoms with Gasteiger partial charge in [0.25, 0.3) is 0 Å². The van der Waals surface area contributed by atoms with E-state index in [-0.39, 0.29) is 5.54 Å². The first kappa shape index (κ1) is 36.2.